The summed E-state index contributed by atoms with van der Waals surface area (Å²) in [6.07, 6.45) is 0. The number of hydrogen-bond acceptors (Lipinski definition) is 4. The molecule has 0 atom stereocenters. The second-order valence-electron chi connectivity index (χ2n) is 16.2. The van der Waals surface area contributed by atoms with Crippen LogP contribution >= 0.6 is 11.3 Å². The third kappa shape index (κ3) is 5.02. The molecule has 0 saturated heterocycles. The number of aromatic nitrogens is 3. The summed E-state index contributed by atoms with van der Waals surface area (Å²) in [6.45, 7) is 0. The van der Waals surface area contributed by atoms with Gasteiger partial charge in [0.25, 0.3) is 0 Å². The summed E-state index contributed by atoms with van der Waals surface area (Å²) in [7, 11) is 0. The quantitative estimate of drug-likeness (QED) is 0.174. The van der Waals surface area contributed by atoms with Crippen LogP contribution in [0.1, 0.15) is 22.3 Å². The molecule has 0 saturated carbocycles. The van der Waals surface area contributed by atoms with Crippen LogP contribution < -0.4 is 0 Å². The molecule has 0 N–H and O–H groups in total. The molecule has 11 aromatic rings. The SMILES string of the molecule is c1ccc(-c2ccccc2-c2nc(-c3ccc(-c4cccc5sc6ccccc6c45)cc3)nc(-c3cccc4c3C3(c5ccccc5-c5ccccc53)c3ccccc3-4)n2)cc1. The summed E-state index contributed by atoms with van der Waals surface area (Å²) in [6, 6.07) is 76.6. The maximum atomic E-state index is 5.49. The van der Waals surface area contributed by atoms with Gasteiger partial charge < -0.3 is 0 Å². The molecule has 2 aliphatic carbocycles. The third-order valence-electron chi connectivity index (χ3n) is 13.0. The molecule has 0 amide bonds. The Bertz CT molecular complexity index is 3520. The average Bonchev–Trinajstić information content (AvgIpc) is 3.99. The Kier molecular flexibility index (Phi) is 7.69. The Morgan fingerprint density at radius 3 is 1.45 bits per heavy atom. The molecule has 2 heterocycles. The highest BCUT2D eigenvalue weighted by molar-refractivity contribution is 7.25. The Labute approximate surface area is 363 Å². The highest BCUT2D eigenvalue weighted by atomic mass is 32.1. The van der Waals surface area contributed by atoms with Gasteiger partial charge in [0.15, 0.2) is 17.5 Å². The monoisotopic (exact) mass is 805 g/mol. The lowest BCUT2D eigenvalue weighted by Crippen LogP contribution is -2.26. The standard InChI is InChI=1S/C58H35N3S/c1-2-16-36(17-3-1)39-18-4-5-22-45(39)56-59-55(38-34-32-37(33-35-38)40-24-15-31-52-53(40)46-23-9-13-30-51(46)62-52)60-57(61-56)47-26-14-25-44-43-21-8-12-29-50(43)58(54(44)47)48-27-10-6-19-41(48)42-20-7-11-28-49(42)58/h1-35H. The molecule has 62 heavy (non-hydrogen) atoms. The van der Waals surface area contributed by atoms with Crippen molar-refractivity contribution in [2.45, 2.75) is 5.41 Å². The van der Waals surface area contributed by atoms with E-state index in [1.54, 1.807) is 0 Å². The molecule has 4 heteroatoms. The predicted molar refractivity (Wildman–Crippen MR) is 256 cm³/mol. The number of rotatable bonds is 5. The van der Waals surface area contributed by atoms with Gasteiger partial charge in [-0.05, 0) is 78.9 Å². The van der Waals surface area contributed by atoms with E-state index in [9.17, 15) is 0 Å². The Balaban J connectivity index is 1.05. The third-order valence-corrected chi connectivity index (χ3v) is 14.1. The maximum Gasteiger partial charge on any atom is 0.164 e. The van der Waals surface area contributed by atoms with Crippen molar-refractivity contribution in [3.63, 3.8) is 0 Å². The van der Waals surface area contributed by atoms with Crippen molar-refractivity contribution in [3.8, 4) is 78.7 Å². The molecular weight excluding hydrogens is 771 g/mol. The van der Waals surface area contributed by atoms with Crippen LogP contribution in [-0.2, 0) is 5.41 Å². The van der Waals surface area contributed by atoms with Crippen LogP contribution in [0.4, 0.5) is 0 Å². The number of thiophene rings is 1. The van der Waals surface area contributed by atoms with Crippen LogP contribution in [0.2, 0.25) is 0 Å². The molecule has 0 radical (unpaired) electrons. The minimum Gasteiger partial charge on any atom is -0.208 e. The smallest absolute Gasteiger partial charge is 0.164 e. The minimum atomic E-state index is -0.556. The molecule has 0 aliphatic heterocycles. The van der Waals surface area contributed by atoms with Crippen LogP contribution in [0.5, 0.6) is 0 Å². The molecule has 0 fully saturated rings. The number of hydrogen-bond donors (Lipinski definition) is 0. The van der Waals surface area contributed by atoms with Crippen molar-refractivity contribution >= 4 is 31.5 Å². The Morgan fingerprint density at radius 1 is 0.290 bits per heavy atom. The Morgan fingerprint density at radius 2 is 0.742 bits per heavy atom. The molecule has 3 nitrogen and oxygen atoms in total. The second-order valence-corrected chi connectivity index (χ2v) is 17.3. The summed E-state index contributed by atoms with van der Waals surface area (Å²) >= 11 is 1.85. The van der Waals surface area contributed by atoms with Crippen LogP contribution in [0.25, 0.3) is 98.8 Å². The van der Waals surface area contributed by atoms with Gasteiger partial charge in [0.05, 0.1) is 5.41 Å². The van der Waals surface area contributed by atoms with Gasteiger partial charge in [0.1, 0.15) is 0 Å². The van der Waals surface area contributed by atoms with E-state index in [1.165, 1.54) is 70.2 Å². The van der Waals surface area contributed by atoms with Crippen LogP contribution in [0.3, 0.4) is 0 Å². The highest BCUT2D eigenvalue weighted by Crippen LogP contribution is 2.64. The molecule has 2 aliphatic rings. The van der Waals surface area contributed by atoms with Gasteiger partial charge in [-0.3, -0.25) is 0 Å². The van der Waals surface area contributed by atoms with Crippen molar-refractivity contribution in [2.75, 3.05) is 0 Å². The van der Waals surface area contributed by atoms with Crippen LogP contribution in [0.15, 0.2) is 212 Å². The maximum absolute atomic E-state index is 5.49. The summed E-state index contributed by atoms with van der Waals surface area (Å²) in [4.78, 5) is 16.3. The van der Waals surface area contributed by atoms with E-state index in [0.29, 0.717) is 17.5 Å². The summed E-state index contributed by atoms with van der Waals surface area (Å²) in [5.74, 6) is 1.92. The molecule has 288 valence electrons. The highest BCUT2D eigenvalue weighted by Gasteiger charge is 2.52. The summed E-state index contributed by atoms with van der Waals surface area (Å²) in [5, 5.41) is 2.59. The zero-order valence-electron chi connectivity index (χ0n) is 33.5. The molecule has 9 aromatic carbocycles. The van der Waals surface area contributed by atoms with E-state index in [-0.39, 0.29) is 0 Å². The molecule has 1 spiro atoms. The molecule has 2 aromatic heterocycles. The first-order chi connectivity index (χ1) is 30.8. The molecular formula is C58H35N3S. The van der Waals surface area contributed by atoms with E-state index in [2.05, 4.69) is 212 Å². The van der Waals surface area contributed by atoms with Crippen LogP contribution in [-0.4, -0.2) is 15.0 Å². The van der Waals surface area contributed by atoms with Gasteiger partial charge in [-0.15, -0.1) is 11.3 Å². The summed E-state index contributed by atoms with van der Waals surface area (Å²) < 4.78 is 2.59. The zero-order valence-corrected chi connectivity index (χ0v) is 34.3. The lowest BCUT2D eigenvalue weighted by atomic mass is 9.69. The van der Waals surface area contributed by atoms with Gasteiger partial charge >= 0.3 is 0 Å². The van der Waals surface area contributed by atoms with E-state index in [4.69, 9.17) is 15.0 Å². The van der Waals surface area contributed by atoms with Gasteiger partial charge in [-0.1, -0.05) is 200 Å². The van der Waals surface area contributed by atoms with Crippen molar-refractivity contribution in [1.29, 1.82) is 0 Å². The predicted octanol–water partition coefficient (Wildman–Crippen LogP) is 14.9. The first-order valence-electron chi connectivity index (χ1n) is 21.1. The molecule has 13 rings (SSSR count). The van der Waals surface area contributed by atoms with Crippen molar-refractivity contribution in [1.82, 2.24) is 15.0 Å². The second kappa shape index (κ2) is 13.6. The van der Waals surface area contributed by atoms with Crippen molar-refractivity contribution in [3.05, 3.63) is 235 Å². The van der Waals surface area contributed by atoms with Gasteiger partial charge in [-0.25, -0.2) is 15.0 Å². The molecule has 0 unspecified atom stereocenters. The van der Waals surface area contributed by atoms with Gasteiger partial charge in [-0.2, -0.15) is 0 Å². The first kappa shape index (κ1) is 35.0. The fourth-order valence-electron chi connectivity index (χ4n) is 10.4. The lowest BCUT2D eigenvalue weighted by Gasteiger charge is -2.31. The summed E-state index contributed by atoms with van der Waals surface area (Å²) in [5.41, 5.74) is 16.9. The minimum absolute atomic E-state index is 0.556. The fraction of sp³-hybridized carbons (Fsp3) is 0.0172. The first-order valence-corrected chi connectivity index (χ1v) is 21.9. The number of fused-ring (bicyclic) bond motifs is 13. The van der Waals surface area contributed by atoms with E-state index >= 15 is 0 Å². The van der Waals surface area contributed by atoms with Gasteiger partial charge in [0, 0.05) is 36.9 Å². The van der Waals surface area contributed by atoms with E-state index in [1.807, 2.05) is 11.3 Å². The largest absolute Gasteiger partial charge is 0.208 e. The normalized spacial score (nSPS) is 13.0. The fourth-order valence-corrected chi connectivity index (χ4v) is 11.6. The topological polar surface area (TPSA) is 38.7 Å². The molecule has 0 bridgehead atoms. The zero-order chi connectivity index (χ0) is 40.8. The van der Waals surface area contributed by atoms with Crippen LogP contribution in [0, 0.1) is 0 Å². The lowest BCUT2D eigenvalue weighted by molar-refractivity contribution is 0.794. The number of nitrogens with zero attached hydrogens (tertiary/aromatic N) is 3. The van der Waals surface area contributed by atoms with Crippen molar-refractivity contribution in [2.24, 2.45) is 0 Å². The number of benzene rings is 9. The Hall–Kier alpha value is -7.79. The van der Waals surface area contributed by atoms with E-state index < -0.39 is 5.41 Å². The average molecular weight is 806 g/mol. The van der Waals surface area contributed by atoms with E-state index in [0.717, 1.165) is 33.4 Å². The van der Waals surface area contributed by atoms with Gasteiger partial charge in [0.2, 0.25) is 0 Å². The van der Waals surface area contributed by atoms with Crippen molar-refractivity contribution < 1.29 is 0 Å².